The summed E-state index contributed by atoms with van der Waals surface area (Å²) in [6, 6.07) is 4.80. The second kappa shape index (κ2) is 7.35. The topological polar surface area (TPSA) is 99.1 Å². The maximum Gasteiger partial charge on any atom is 0.380 e. The quantitative estimate of drug-likeness (QED) is 0.596. The van der Waals surface area contributed by atoms with Crippen molar-refractivity contribution in [3.05, 3.63) is 35.4 Å². The van der Waals surface area contributed by atoms with Crippen molar-refractivity contribution in [1.82, 2.24) is 0 Å². The van der Waals surface area contributed by atoms with Crippen molar-refractivity contribution in [2.75, 3.05) is 13.9 Å². The number of carboxylic acids is 1. The van der Waals surface area contributed by atoms with Crippen molar-refractivity contribution in [2.24, 2.45) is 0 Å². The Labute approximate surface area is 136 Å². The van der Waals surface area contributed by atoms with Crippen LogP contribution in [0, 0.1) is 0 Å². The number of esters is 2. The van der Waals surface area contributed by atoms with Gasteiger partial charge < -0.3 is 19.3 Å². The molecule has 0 aliphatic rings. The maximum atomic E-state index is 13.5. The minimum absolute atomic E-state index is 0.110. The normalized spacial score (nSPS) is 11.7. The van der Waals surface area contributed by atoms with Crippen LogP contribution in [0.5, 0.6) is 0 Å². The number of ether oxygens (including phenoxy) is 3. The Morgan fingerprint density at radius 2 is 1.50 bits per heavy atom. The molecule has 0 atom stereocenters. The molecule has 0 saturated carbocycles. The van der Waals surface area contributed by atoms with Gasteiger partial charge in [-0.2, -0.15) is 8.78 Å². The zero-order valence-corrected chi connectivity index (χ0v) is 13.2. The van der Waals surface area contributed by atoms with Crippen LogP contribution in [0.1, 0.15) is 34.6 Å². The van der Waals surface area contributed by atoms with Gasteiger partial charge >= 0.3 is 23.8 Å². The van der Waals surface area contributed by atoms with E-state index in [4.69, 9.17) is 5.11 Å². The molecule has 1 aromatic carbocycles. The lowest BCUT2D eigenvalue weighted by Crippen LogP contribution is -2.51. The van der Waals surface area contributed by atoms with Gasteiger partial charge in [0.05, 0.1) is 11.1 Å². The molecule has 1 aromatic rings. The number of hydrogen-bond donors (Lipinski definition) is 1. The molecule has 24 heavy (non-hydrogen) atoms. The van der Waals surface area contributed by atoms with Crippen molar-refractivity contribution in [3.63, 3.8) is 0 Å². The highest BCUT2D eigenvalue weighted by molar-refractivity contribution is 5.93. The lowest BCUT2D eigenvalue weighted by atomic mass is 10.00. The van der Waals surface area contributed by atoms with E-state index >= 15 is 0 Å². The van der Waals surface area contributed by atoms with Crippen LogP contribution in [0.2, 0.25) is 0 Å². The average Bonchev–Trinajstić information content (AvgIpc) is 2.51. The van der Waals surface area contributed by atoms with Crippen LogP contribution in [0.25, 0.3) is 0 Å². The Bertz CT molecular complexity index is 623. The minimum Gasteiger partial charge on any atom is -0.477 e. The molecule has 0 bridgehead atoms. The Morgan fingerprint density at radius 3 is 1.92 bits per heavy atom. The number of carbonyl (C=O) groups is 3. The van der Waals surface area contributed by atoms with Crippen LogP contribution in [-0.4, -0.2) is 48.4 Å². The van der Waals surface area contributed by atoms with E-state index < -0.39 is 29.4 Å². The zero-order chi connectivity index (χ0) is 18.5. The summed E-state index contributed by atoms with van der Waals surface area (Å²) in [5, 5.41) is 8.53. The second-order valence-electron chi connectivity index (χ2n) is 5.20. The molecule has 0 radical (unpaired) electrons. The number of aliphatic carboxylic acids is 1. The molecule has 1 N–H and O–H groups in total. The summed E-state index contributed by atoms with van der Waals surface area (Å²) in [5.41, 5.74) is -2.59. The van der Waals surface area contributed by atoms with Crippen molar-refractivity contribution in [2.45, 2.75) is 25.4 Å². The molecular formula is C15H16F2O7. The molecule has 0 aromatic heterocycles. The van der Waals surface area contributed by atoms with Gasteiger partial charge in [0.2, 0.25) is 0 Å². The van der Waals surface area contributed by atoms with E-state index in [9.17, 15) is 23.2 Å². The van der Waals surface area contributed by atoms with Gasteiger partial charge in [0, 0.05) is 7.11 Å². The number of methoxy groups -OCH3 is 1. The van der Waals surface area contributed by atoms with Gasteiger partial charge in [-0.05, 0) is 38.1 Å². The molecule has 7 nitrogen and oxygen atoms in total. The van der Waals surface area contributed by atoms with E-state index in [1.54, 1.807) is 0 Å². The van der Waals surface area contributed by atoms with Crippen LogP contribution in [-0.2, 0) is 19.0 Å². The van der Waals surface area contributed by atoms with Gasteiger partial charge in [0.1, 0.15) is 0 Å². The molecule has 0 heterocycles. The minimum atomic E-state index is -4.27. The highest BCUT2D eigenvalue weighted by atomic mass is 19.3. The summed E-state index contributed by atoms with van der Waals surface area (Å²) in [6.45, 7) is 1.33. The van der Waals surface area contributed by atoms with Crippen molar-refractivity contribution < 1.29 is 42.5 Å². The number of hydrogen-bond acceptors (Lipinski definition) is 6. The van der Waals surface area contributed by atoms with E-state index in [0.29, 0.717) is 0 Å². The van der Waals surface area contributed by atoms with Crippen molar-refractivity contribution >= 4 is 17.9 Å². The van der Waals surface area contributed by atoms with Crippen LogP contribution in [0.15, 0.2) is 24.3 Å². The molecule has 0 aliphatic carbocycles. The molecule has 1 rings (SSSR count). The van der Waals surface area contributed by atoms with Crippen LogP contribution >= 0.6 is 0 Å². The van der Waals surface area contributed by atoms with Gasteiger partial charge in [-0.3, -0.25) is 0 Å². The molecule has 0 spiro atoms. The first kappa shape index (κ1) is 19.5. The predicted molar refractivity (Wildman–Crippen MR) is 75.8 cm³/mol. The van der Waals surface area contributed by atoms with Crippen LogP contribution in [0.3, 0.4) is 0 Å². The molecule has 0 saturated heterocycles. The molecule has 0 amide bonds. The van der Waals surface area contributed by atoms with E-state index in [1.165, 1.54) is 31.4 Å². The smallest absolute Gasteiger partial charge is 0.380 e. The van der Waals surface area contributed by atoms with Gasteiger partial charge in [-0.15, -0.1) is 0 Å². The van der Waals surface area contributed by atoms with Gasteiger partial charge in [-0.25, -0.2) is 14.4 Å². The van der Waals surface area contributed by atoms with Crippen LogP contribution in [0.4, 0.5) is 8.78 Å². The fourth-order valence-electron chi connectivity index (χ4n) is 1.55. The molecule has 9 heteroatoms. The van der Waals surface area contributed by atoms with Gasteiger partial charge in [0.25, 0.3) is 0 Å². The number of alkyl halides is 2. The molecule has 0 fully saturated rings. The predicted octanol–water partition coefficient (Wildman–Crippen LogP) is 2.10. The molecule has 0 unspecified atom stereocenters. The fraction of sp³-hybridized carbons (Fsp3) is 0.400. The average molecular weight is 346 g/mol. The summed E-state index contributed by atoms with van der Waals surface area (Å²) < 4.78 is 40.9. The van der Waals surface area contributed by atoms with E-state index in [1.807, 2.05) is 0 Å². The number of halogens is 2. The lowest BCUT2D eigenvalue weighted by molar-refractivity contribution is -0.200. The highest BCUT2D eigenvalue weighted by Gasteiger charge is 2.56. The number of benzene rings is 1. The maximum absolute atomic E-state index is 13.5. The van der Waals surface area contributed by atoms with E-state index in [2.05, 4.69) is 14.2 Å². The number of carbonyl (C=O) groups excluding carboxylic acids is 2. The fourth-order valence-corrected chi connectivity index (χ4v) is 1.55. The standard InChI is InChI=1S/C15H16F2O7/c1-14(2,15(16,17)13(20)21)24-12(19)10-6-4-9(5-7-10)11(18)23-8-22-3/h4-7H,8H2,1-3H3,(H,20,21). The zero-order valence-electron chi connectivity index (χ0n) is 13.2. The van der Waals surface area contributed by atoms with E-state index in [-0.39, 0.29) is 17.9 Å². The Kier molecular flexibility index (Phi) is 5.97. The lowest BCUT2D eigenvalue weighted by Gasteiger charge is -2.30. The first-order valence-corrected chi connectivity index (χ1v) is 6.63. The number of rotatable bonds is 7. The monoisotopic (exact) mass is 346 g/mol. The Balaban J connectivity index is 2.86. The third-order valence-corrected chi connectivity index (χ3v) is 3.04. The second-order valence-corrected chi connectivity index (χ2v) is 5.20. The Hall–Kier alpha value is -2.55. The molecule has 0 aliphatic heterocycles. The largest absolute Gasteiger partial charge is 0.477 e. The molecular weight excluding hydrogens is 330 g/mol. The van der Waals surface area contributed by atoms with E-state index in [0.717, 1.165) is 13.8 Å². The third kappa shape index (κ3) is 4.25. The summed E-state index contributed by atoms with van der Waals surface area (Å²) >= 11 is 0. The van der Waals surface area contributed by atoms with Gasteiger partial charge in [0.15, 0.2) is 12.4 Å². The highest BCUT2D eigenvalue weighted by Crippen LogP contribution is 2.32. The molecule has 132 valence electrons. The summed E-state index contributed by atoms with van der Waals surface area (Å²) in [6.07, 6.45) is 0. The summed E-state index contributed by atoms with van der Waals surface area (Å²) in [5.74, 6) is -8.53. The van der Waals surface area contributed by atoms with Crippen molar-refractivity contribution in [3.8, 4) is 0 Å². The first-order valence-electron chi connectivity index (χ1n) is 6.63. The van der Waals surface area contributed by atoms with Crippen LogP contribution < -0.4 is 0 Å². The third-order valence-electron chi connectivity index (χ3n) is 3.04. The first-order chi connectivity index (χ1) is 11.0. The summed E-state index contributed by atoms with van der Waals surface area (Å²) in [4.78, 5) is 34.0. The number of carboxylic acid groups (broad SMARTS) is 1. The Morgan fingerprint density at radius 1 is 1.04 bits per heavy atom. The SMILES string of the molecule is COCOC(=O)c1ccc(C(=O)OC(C)(C)C(F)(F)C(=O)O)cc1. The van der Waals surface area contributed by atoms with Crippen molar-refractivity contribution in [1.29, 1.82) is 0 Å². The van der Waals surface area contributed by atoms with Gasteiger partial charge in [-0.1, -0.05) is 0 Å². The summed E-state index contributed by atoms with van der Waals surface area (Å²) in [7, 11) is 1.33.